The fourth-order valence-electron chi connectivity index (χ4n) is 5.06. The summed E-state index contributed by atoms with van der Waals surface area (Å²) in [7, 11) is 0. The lowest BCUT2D eigenvalue weighted by Crippen LogP contribution is -2.22. The molecule has 202 valence electrons. The lowest BCUT2D eigenvalue weighted by atomic mass is 10.0. The van der Waals surface area contributed by atoms with Gasteiger partial charge < -0.3 is 9.47 Å². The lowest BCUT2D eigenvalue weighted by Gasteiger charge is -2.22. The Morgan fingerprint density at radius 3 is 1.76 bits per heavy atom. The van der Waals surface area contributed by atoms with Gasteiger partial charge in [0.2, 0.25) is 0 Å². The standard InChI is InChI=1S/C32H62O2/c1-3-4-5-6-7-8-9-10-11-12-13-14-15-16-18-21-26-31(2)27-22-19-17-20-24-29-33-32-28-23-25-30-34-32/h27,32H,3-26,28-30H2,1-2H3. The number of unbranched alkanes of at least 4 members (excludes halogenated alkanes) is 19. The maximum absolute atomic E-state index is 5.82. The predicted octanol–water partition coefficient (Wildman–Crippen LogP) is 11.1. The minimum absolute atomic E-state index is 0.0869. The molecule has 1 aliphatic rings. The van der Waals surface area contributed by atoms with Crippen LogP contribution in [0.2, 0.25) is 0 Å². The van der Waals surface area contributed by atoms with E-state index in [0.717, 1.165) is 19.6 Å². The Labute approximate surface area is 215 Å². The Morgan fingerprint density at radius 1 is 0.676 bits per heavy atom. The van der Waals surface area contributed by atoms with E-state index in [1.807, 2.05) is 0 Å². The Bertz CT molecular complexity index is 425. The highest BCUT2D eigenvalue weighted by Crippen LogP contribution is 2.17. The third-order valence-corrected chi connectivity index (χ3v) is 7.46. The van der Waals surface area contributed by atoms with Crippen LogP contribution in [0.3, 0.4) is 0 Å². The normalized spacial score (nSPS) is 16.9. The van der Waals surface area contributed by atoms with Gasteiger partial charge in [-0.2, -0.15) is 0 Å². The second-order valence-electron chi connectivity index (χ2n) is 11.0. The van der Waals surface area contributed by atoms with Crippen LogP contribution in [0.15, 0.2) is 11.6 Å². The van der Waals surface area contributed by atoms with E-state index in [-0.39, 0.29) is 6.29 Å². The summed E-state index contributed by atoms with van der Waals surface area (Å²) in [6, 6.07) is 0. The van der Waals surface area contributed by atoms with E-state index in [2.05, 4.69) is 19.9 Å². The van der Waals surface area contributed by atoms with E-state index >= 15 is 0 Å². The van der Waals surface area contributed by atoms with Gasteiger partial charge in [0.15, 0.2) is 6.29 Å². The first kappa shape index (κ1) is 31.7. The van der Waals surface area contributed by atoms with Crippen LogP contribution < -0.4 is 0 Å². The summed E-state index contributed by atoms with van der Waals surface area (Å²) in [5.74, 6) is 0. The van der Waals surface area contributed by atoms with Crippen LogP contribution in [0.5, 0.6) is 0 Å². The molecule has 1 heterocycles. The van der Waals surface area contributed by atoms with Gasteiger partial charge >= 0.3 is 0 Å². The maximum Gasteiger partial charge on any atom is 0.157 e. The monoisotopic (exact) mass is 478 g/mol. The zero-order valence-corrected chi connectivity index (χ0v) is 23.6. The lowest BCUT2D eigenvalue weighted by molar-refractivity contribution is -0.162. The molecular formula is C32H62O2. The topological polar surface area (TPSA) is 18.5 Å². The molecule has 0 aromatic rings. The van der Waals surface area contributed by atoms with Crippen molar-refractivity contribution in [2.45, 2.75) is 181 Å². The molecule has 2 nitrogen and oxygen atoms in total. The minimum Gasteiger partial charge on any atom is -0.353 e. The summed E-state index contributed by atoms with van der Waals surface area (Å²) in [6.07, 6.45) is 37.1. The summed E-state index contributed by atoms with van der Waals surface area (Å²) < 4.78 is 11.4. The number of hydrogen-bond acceptors (Lipinski definition) is 2. The van der Waals surface area contributed by atoms with Crippen molar-refractivity contribution in [1.29, 1.82) is 0 Å². The quantitative estimate of drug-likeness (QED) is 0.0959. The smallest absolute Gasteiger partial charge is 0.157 e. The second-order valence-corrected chi connectivity index (χ2v) is 11.0. The van der Waals surface area contributed by atoms with Crippen LogP contribution >= 0.6 is 0 Å². The van der Waals surface area contributed by atoms with Crippen molar-refractivity contribution in [2.24, 2.45) is 0 Å². The van der Waals surface area contributed by atoms with Crippen molar-refractivity contribution in [3.05, 3.63) is 11.6 Å². The fraction of sp³-hybridized carbons (Fsp3) is 0.938. The van der Waals surface area contributed by atoms with E-state index in [4.69, 9.17) is 9.47 Å². The van der Waals surface area contributed by atoms with E-state index in [1.54, 1.807) is 5.57 Å². The van der Waals surface area contributed by atoms with Gasteiger partial charge in [0.1, 0.15) is 0 Å². The molecule has 0 radical (unpaired) electrons. The molecule has 34 heavy (non-hydrogen) atoms. The van der Waals surface area contributed by atoms with Gasteiger partial charge in [-0.25, -0.2) is 0 Å². The van der Waals surface area contributed by atoms with Crippen LogP contribution in [0.4, 0.5) is 0 Å². The molecule has 0 bridgehead atoms. The van der Waals surface area contributed by atoms with E-state index in [0.29, 0.717) is 0 Å². The first-order chi connectivity index (χ1) is 16.8. The van der Waals surface area contributed by atoms with Crippen LogP contribution in [-0.2, 0) is 9.47 Å². The highest BCUT2D eigenvalue weighted by atomic mass is 16.7. The molecule has 2 heteroatoms. The van der Waals surface area contributed by atoms with Crippen molar-refractivity contribution >= 4 is 0 Å². The Hall–Kier alpha value is -0.340. The van der Waals surface area contributed by atoms with E-state index < -0.39 is 0 Å². The number of ether oxygens (including phenoxy) is 2. The molecule has 1 unspecified atom stereocenters. The van der Waals surface area contributed by atoms with E-state index in [1.165, 1.54) is 154 Å². The molecule has 0 saturated carbocycles. The van der Waals surface area contributed by atoms with Gasteiger partial charge in [0, 0.05) is 13.2 Å². The van der Waals surface area contributed by atoms with Crippen LogP contribution in [0, 0.1) is 0 Å². The van der Waals surface area contributed by atoms with Crippen LogP contribution in [0.1, 0.15) is 174 Å². The summed E-state index contributed by atoms with van der Waals surface area (Å²) in [6.45, 7) is 6.40. The summed E-state index contributed by atoms with van der Waals surface area (Å²) in [5, 5.41) is 0. The second kappa shape index (κ2) is 25.7. The molecule has 1 atom stereocenters. The molecule has 0 N–H and O–H groups in total. The fourth-order valence-corrected chi connectivity index (χ4v) is 5.06. The average molecular weight is 479 g/mol. The van der Waals surface area contributed by atoms with Crippen molar-refractivity contribution in [3.63, 3.8) is 0 Å². The highest BCUT2D eigenvalue weighted by Gasteiger charge is 2.13. The predicted molar refractivity (Wildman–Crippen MR) is 151 cm³/mol. The van der Waals surface area contributed by atoms with Gasteiger partial charge in [0.25, 0.3) is 0 Å². The first-order valence-corrected chi connectivity index (χ1v) is 15.7. The third-order valence-electron chi connectivity index (χ3n) is 7.46. The maximum atomic E-state index is 5.82. The number of rotatable bonds is 25. The molecule has 0 aliphatic carbocycles. The SMILES string of the molecule is CCCCCCCCCCCCCCCCCCC(C)=CCCCCCCOC1CCCCO1. The summed E-state index contributed by atoms with van der Waals surface area (Å²) in [4.78, 5) is 0. The molecule has 0 aromatic heterocycles. The Balaban J connectivity index is 1.73. The first-order valence-electron chi connectivity index (χ1n) is 15.7. The zero-order chi connectivity index (χ0) is 24.4. The third kappa shape index (κ3) is 22.1. The Morgan fingerprint density at radius 2 is 1.21 bits per heavy atom. The molecule has 1 aliphatic heterocycles. The largest absolute Gasteiger partial charge is 0.353 e. The van der Waals surface area contributed by atoms with Gasteiger partial charge in [0.05, 0.1) is 0 Å². The molecule has 1 saturated heterocycles. The van der Waals surface area contributed by atoms with E-state index in [9.17, 15) is 0 Å². The molecular weight excluding hydrogens is 416 g/mol. The summed E-state index contributed by atoms with van der Waals surface area (Å²) >= 11 is 0. The van der Waals surface area contributed by atoms with Crippen molar-refractivity contribution in [3.8, 4) is 0 Å². The van der Waals surface area contributed by atoms with Gasteiger partial charge in [-0.15, -0.1) is 0 Å². The minimum atomic E-state index is 0.0869. The van der Waals surface area contributed by atoms with Gasteiger partial charge in [-0.05, 0) is 58.3 Å². The van der Waals surface area contributed by atoms with Crippen molar-refractivity contribution < 1.29 is 9.47 Å². The van der Waals surface area contributed by atoms with Crippen molar-refractivity contribution in [1.82, 2.24) is 0 Å². The Kier molecular flexibility index (Phi) is 24.0. The highest BCUT2D eigenvalue weighted by molar-refractivity contribution is 4.97. The summed E-state index contributed by atoms with van der Waals surface area (Å²) in [5.41, 5.74) is 1.61. The molecule has 1 rings (SSSR count). The van der Waals surface area contributed by atoms with Crippen LogP contribution in [0.25, 0.3) is 0 Å². The van der Waals surface area contributed by atoms with Gasteiger partial charge in [-0.3, -0.25) is 0 Å². The number of hydrogen-bond donors (Lipinski definition) is 0. The van der Waals surface area contributed by atoms with Crippen LogP contribution in [-0.4, -0.2) is 19.5 Å². The zero-order valence-electron chi connectivity index (χ0n) is 23.6. The molecule has 0 amide bonds. The number of allylic oxidation sites excluding steroid dienone is 2. The van der Waals surface area contributed by atoms with Crippen molar-refractivity contribution in [2.75, 3.05) is 13.2 Å². The van der Waals surface area contributed by atoms with Gasteiger partial charge in [-0.1, -0.05) is 128 Å². The molecule has 1 fully saturated rings. The molecule has 0 aromatic carbocycles. The average Bonchev–Trinajstić information content (AvgIpc) is 2.86. The molecule has 0 spiro atoms.